The maximum Gasteiger partial charge on any atom is 0.235 e. The summed E-state index contributed by atoms with van der Waals surface area (Å²) in [5.74, 6) is -0.420. The van der Waals surface area contributed by atoms with Crippen LogP contribution in [0.2, 0.25) is 0 Å². The molecule has 0 fully saturated rings. The SMILES string of the molecule is CC/C=C/CN1C(=O)C(CC(=O)N(Cc2ccncc2)C(C)C)c2ccccc21. The molecule has 0 N–H and O–H groups in total. The lowest BCUT2D eigenvalue weighted by Crippen LogP contribution is -2.38. The minimum atomic E-state index is -0.424. The second-order valence-electron chi connectivity index (χ2n) is 7.61. The van der Waals surface area contributed by atoms with Gasteiger partial charge in [0.2, 0.25) is 11.8 Å². The van der Waals surface area contributed by atoms with E-state index in [4.69, 9.17) is 0 Å². The van der Waals surface area contributed by atoms with Crippen LogP contribution in [-0.4, -0.2) is 34.3 Å². The van der Waals surface area contributed by atoms with Crippen LogP contribution in [0.3, 0.4) is 0 Å². The number of fused-ring (bicyclic) bond motifs is 1. The summed E-state index contributed by atoms with van der Waals surface area (Å²) < 4.78 is 0. The molecule has 1 atom stereocenters. The van der Waals surface area contributed by atoms with Crippen molar-refractivity contribution < 1.29 is 9.59 Å². The van der Waals surface area contributed by atoms with Gasteiger partial charge in [-0.3, -0.25) is 14.6 Å². The fourth-order valence-corrected chi connectivity index (χ4v) is 3.74. The fraction of sp³-hybridized carbons (Fsp3) is 0.375. The summed E-state index contributed by atoms with van der Waals surface area (Å²) in [5, 5.41) is 0. The molecule has 0 bridgehead atoms. The first-order valence-corrected chi connectivity index (χ1v) is 10.3. The van der Waals surface area contributed by atoms with Gasteiger partial charge in [0.25, 0.3) is 0 Å². The smallest absolute Gasteiger partial charge is 0.235 e. The molecule has 1 aromatic heterocycles. The van der Waals surface area contributed by atoms with Gasteiger partial charge < -0.3 is 9.80 Å². The Morgan fingerprint density at radius 2 is 1.90 bits per heavy atom. The molecular weight excluding hydrogens is 362 g/mol. The van der Waals surface area contributed by atoms with E-state index < -0.39 is 5.92 Å². The highest BCUT2D eigenvalue weighted by atomic mass is 16.2. The Morgan fingerprint density at radius 1 is 1.17 bits per heavy atom. The lowest BCUT2D eigenvalue weighted by molar-refractivity contribution is -0.135. The van der Waals surface area contributed by atoms with Gasteiger partial charge in [0.05, 0.1) is 5.92 Å². The zero-order valence-corrected chi connectivity index (χ0v) is 17.4. The molecule has 3 rings (SSSR count). The number of hydrogen-bond donors (Lipinski definition) is 0. The number of amides is 2. The van der Waals surface area contributed by atoms with E-state index in [0.29, 0.717) is 13.1 Å². The zero-order valence-electron chi connectivity index (χ0n) is 17.4. The second-order valence-corrected chi connectivity index (χ2v) is 7.61. The summed E-state index contributed by atoms with van der Waals surface area (Å²) >= 11 is 0. The van der Waals surface area contributed by atoms with E-state index in [9.17, 15) is 9.59 Å². The molecule has 5 heteroatoms. The summed E-state index contributed by atoms with van der Waals surface area (Å²) in [6.07, 6.45) is 8.66. The number of pyridine rings is 1. The first kappa shape index (κ1) is 20.8. The standard InChI is InChI=1S/C24H29N3O2/c1-4-5-8-15-26-22-10-7-6-9-20(22)21(24(26)29)16-23(28)27(18(2)3)17-19-11-13-25-14-12-19/h5-14,18,21H,4,15-17H2,1-3H3/b8-5+. The van der Waals surface area contributed by atoms with Gasteiger partial charge in [-0.15, -0.1) is 0 Å². The number of anilines is 1. The summed E-state index contributed by atoms with van der Waals surface area (Å²) in [7, 11) is 0. The predicted molar refractivity (Wildman–Crippen MR) is 116 cm³/mol. The Kier molecular flexibility index (Phi) is 6.81. The molecule has 5 nitrogen and oxygen atoms in total. The van der Waals surface area contributed by atoms with Crippen molar-refractivity contribution >= 4 is 17.5 Å². The number of hydrogen-bond acceptors (Lipinski definition) is 3. The van der Waals surface area contributed by atoms with E-state index in [-0.39, 0.29) is 24.3 Å². The van der Waals surface area contributed by atoms with Crippen molar-refractivity contribution in [2.45, 2.75) is 52.1 Å². The first-order chi connectivity index (χ1) is 14.0. The lowest BCUT2D eigenvalue weighted by atomic mass is 9.96. The average Bonchev–Trinajstić information content (AvgIpc) is 2.98. The van der Waals surface area contributed by atoms with E-state index in [1.54, 1.807) is 17.3 Å². The van der Waals surface area contributed by atoms with E-state index in [2.05, 4.69) is 18.0 Å². The third kappa shape index (κ3) is 4.73. The summed E-state index contributed by atoms with van der Waals surface area (Å²) in [6.45, 7) is 7.14. The Balaban J connectivity index is 1.79. The Morgan fingerprint density at radius 3 is 2.59 bits per heavy atom. The van der Waals surface area contributed by atoms with E-state index in [1.807, 2.05) is 61.2 Å². The van der Waals surface area contributed by atoms with E-state index >= 15 is 0 Å². The number of carbonyl (C=O) groups excluding carboxylic acids is 2. The highest BCUT2D eigenvalue weighted by Crippen LogP contribution is 2.39. The molecule has 0 spiro atoms. The summed E-state index contributed by atoms with van der Waals surface area (Å²) in [5.41, 5.74) is 2.90. The number of benzene rings is 1. The Bertz CT molecular complexity index is 877. The number of para-hydroxylation sites is 1. The zero-order chi connectivity index (χ0) is 20.8. The van der Waals surface area contributed by atoms with Gasteiger partial charge in [0.1, 0.15) is 0 Å². The number of aromatic nitrogens is 1. The molecule has 2 heterocycles. The first-order valence-electron chi connectivity index (χ1n) is 10.3. The van der Waals surface area contributed by atoms with Crippen LogP contribution in [0.4, 0.5) is 5.69 Å². The Hall–Kier alpha value is -2.95. The van der Waals surface area contributed by atoms with Crippen LogP contribution in [0.5, 0.6) is 0 Å². The van der Waals surface area contributed by atoms with Crippen molar-refractivity contribution in [3.63, 3.8) is 0 Å². The number of allylic oxidation sites excluding steroid dienone is 1. The van der Waals surface area contributed by atoms with Crippen LogP contribution in [-0.2, 0) is 16.1 Å². The van der Waals surface area contributed by atoms with Gasteiger partial charge >= 0.3 is 0 Å². The molecule has 29 heavy (non-hydrogen) atoms. The molecule has 0 radical (unpaired) electrons. The van der Waals surface area contributed by atoms with Gasteiger partial charge in [-0.25, -0.2) is 0 Å². The van der Waals surface area contributed by atoms with Crippen LogP contribution in [0.1, 0.15) is 50.7 Å². The van der Waals surface area contributed by atoms with Crippen LogP contribution in [0.25, 0.3) is 0 Å². The second kappa shape index (κ2) is 9.50. The minimum absolute atomic E-state index is 0.00378. The van der Waals surface area contributed by atoms with E-state index in [1.165, 1.54) is 0 Å². The molecular formula is C24H29N3O2. The monoisotopic (exact) mass is 391 g/mol. The molecule has 0 aliphatic carbocycles. The van der Waals surface area contributed by atoms with Crippen molar-refractivity contribution in [3.8, 4) is 0 Å². The van der Waals surface area contributed by atoms with Crippen LogP contribution in [0.15, 0.2) is 60.9 Å². The molecule has 1 aromatic carbocycles. The third-order valence-electron chi connectivity index (χ3n) is 5.28. The predicted octanol–water partition coefficient (Wildman–Crippen LogP) is 4.31. The summed E-state index contributed by atoms with van der Waals surface area (Å²) in [6, 6.07) is 11.7. The van der Waals surface area contributed by atoms with Gasteiger partial charge in [-0.05, 0) is 49.6 Å². The molecule has 152 valence electrons. The van der Waals surface area contributed by atoms with Crippen molar-refractivity contribution in [1.29, 1.82) is 0 Å². The van der Waals surface area contributed by atoms with Gasteiger partial charge in [-0.1, -0.05) is 37.3 Å². The third-order valence-corrected chi connectivity index (χ3v) is 5.28. The fourth-order valence-electron chi connectivity index (χ4n) is 3.74. The minimum Gasteiger partial charge on any atom is -0.336 e. The highest BCUT2D eigenvalue weighted by molar-refractivity contribution is 6.07. The maximum atomic E-state index is 13.2. The van der Waals surface area contributed by atoms with Crippen LogP contribution in [0, 0.1) is 0 Å². The molecule has 1 unspecified atom stereocenters. The molecule has 0 saturated carbocycles. The molecule has 1 aliphatic heterocycles. The lowest BCUT2D eigenvalue weighted by Gasteiger charge is -2.28. The normalized spacial score (nSPS) is 15.9. The number of rotatable bonds is 8. The van der Waals surface area contributed by atoms with Crippen LogP contribution < -0.4 is 4.90 Å². The highest BCUT2D eigenvalue weighted by Gasteiger charge is 2.38. The number of carbonyl (C=O) groups is 2. The number of nitrogens with zero attached hydrogens (tertiary/aromatic N) is 3. The van der Waals surface area contributed by atoms with Crippen molar-refractivity contribution in [2.24, 2.45) is 0 Å². The molecule has 0 saturated heterocycles. The van der Waals surface area contributed by atoms with Crippen molar-refractivity contribution in [3.05, 3.63) is 72.1 Å². The molecule has 1 aliphatic rings. The summed E-state index contributed by atoms with van der Waals surface area (Å²) in [4.78, 5) is 34.0. The molecule has 2 aromatic rings. The quantitative estimate of drug-likeness (QED) is 0.630. The van der Waals surface area contributed by atoms with Crippen molar-refractivity contribution in [2.75, 3.05) is 11.4 Å². The largest absolute Gasteiger partial charge is 0.336 e. The van der Waals surface area contributed by atoms with Crippen LogP contribution >= 0.6 is 0 Å². The topological polar surface area (TPSA) is 53.5 Å². The van der Waals surface area contributed by atoms with Gasteiger partial charge in [-0.2, -0.15) is 0 Å². The van der Waals surface area contributed by atoms with E-state index in [0.717, 1.165) is 23.2 Å². The molecule has 2 amide bonds. The average molecular weight is 392 g/mol. The van der Waals surface area contributed by atoms with Gasteiger partial charge in [0, 0.05) is 43.6 Å². The van der Waals surface area contributed by atoms with Crippen molar-refractivity contribution in [1.82, 2.24) is 9.88 Å². The maximum absolute atomic E-state index is 13.2. The van der Waals surface area contributed by atoms with Gasteiger partial charge in [0.15, 0.2) is 0 Å². The Labute approximate surface area is 173 Å².